The summed E-state index contributed by atoms with van der Waals surface area (Å²) < 4.78 is 0. The van der Waals surface area contributed by atoms with Crippen LogP contribution in [0.3, 0.4) is 0 Å². The number of carboxylic acid groups (broad SMARTS) is 1. The number of aliphatic hydroxyl groups excluding tert-OH is 2. The topological polar surface area (TPSA) is 104 Å². The van der Waals surface area contributed by atoms with E-state index in [2.05, 4.69) is 20.8 Å². The molecule has 0 bridgehead atoms. The van der Waals surface area contributed by atoms with Crippen molar-refractivity contribution in [3.05, 3.63) is 0 Å². The molecule has 5 nitrogen and oxygen atoms in total. The van der Waals surface area contributed by atoms with Crippen molar-refractivity contribution in [3.8, 4) is 0 Å². The molecule has 5 N–H and O–H groups in total. The average molecular weight is 408 g/mol. The summed E-state index contributed by atoms with van der Waals surface area (Å²) in [6.07, 6.45) is 7.89. The van der Waals surface area contributed by atoms with Gasteiger partial charge in [-0.05, 0) is 97.7 Å². The molecular weight excluding hydrogens is 366 g/mol. The molecule has 1 unspecified atom stereocenters. The van der Waals surface area contributed by atoms with Crippen LogP contribution in [-0.4, -0.2) is 39.5 Å². The van der Waals surface area contributed by atoms with E-state index in [4.69, 9.17) is 5.73 Å². The second kappa shape index (κ2) is 7.49. The van der Waals surface area contributed by atoms with Gasteiger partial charge in [-0.2, -0.15) is 0 Å². The zero-order valence-corrected chi connectivity index (χ0v) is 18.4. The van der Waals surface area contributed by atoms with Crippen LogP contribution in [-0.2, 0) is 4.79 Å². The highest BCUT2D eigenvalue weighted by Gasteiger charge is 2.64. The van der Waals surface area contributed by atoms with Crippen molar-refractivity contribution in [2.75, 3.05) is 0 Å². The molecule has 0 saturated heterocycles. The number of carbonyl (C=O) groups is 1. The Hall–Kier alpha value is -0.650. The highest BCUT2D eigenvalue weighted by atomic mass is 16.4. The number of fused-ring (bicyclic) bond motifs is 5. The van der Waals surface area contributed by atoms with Crippen LogP contribution in [0.25, 0.3) is 0 Å². The largest absolute Gasteiger partial charge is 0.481 e. The van der Waals surface area contributed by atoms with Crippen LogP contribution in [0.2, 0.25) is 0 Å². The normalized spacial score (nSPS) is 51.4. The quantitative estimate of drug-likeness (QED) is 0.572. The monoisotopic (exact) mass is 407 g/mol. The number of carboxylic acids is 1. The van der Waals surface area contributed by atoms with Gasteiger partial charge >= 0.3 is 5.97 Å². The minimum Gasteiger partial charge on any atom is -0.481 e. The first kappa shape index (κ1) is 21.6. The number of aliphatic carboxylic acids is 1. The van der Waals surface area contributed by atoms with Crippen LogP contribution >= 0.6 is 0 Å². The van der Waals surface area contributed by atoms with Gasteiger partial charge in [0.1, 0.15) is 0 Å². The smallest absolute Gasteiger partial charge is 0.304 e. The standard InChI is InChI=1S/C24H41NO4/c1-13(20(25)12-22(28)29)17-6-7-18-16-5-4-14-10-15(26)8-9-23(14,2)19(16)11-21(27)24(17,18)3/h13-21,26-27H,4-12,25H2,1-3H3,(H,28,29)/t13-,14+,15+,16-,17+,18-,19-,20?,21-,23-,24+/m0/s1. The summed E-state index contributed by atoms with van der Waals surface area (Å²) in [6, 6.07) is -0.355. The van der Waals surface area contributed by atoms with E-state index in [0.29, 0.717) is 23.7 Å². The molecule has 0 radical (unpaired) electrons. The summed E-state index contributed by atoms with van der Waals surface area (Å²) in [5.41, 5.74) is 6.38. The summed E-state index contributed by atoms with van der Waals surface area (Å²) in [5, 5.41) is 30.9. The van der Waals surface area contributed by atoms with Gasteiger partial charge < -0.3 is 21.1 Å². The van der Waals surface area contributed by atoms with Gasteiger partial charge in [0.2, 0.25) is 0 Å². The molecule has 4 saturated carbocycles. The third-order valence-electron chi connectivity index (χ3n) is 10.5. The van der Waals surface area contributed by atoms with Crippen LogP contribution in [0.15, 0.2) is 0 Å². The molecule has 4 rings (SSSR count). The molecule has 4 aliphatic rings. The zero-order valence-electron chi connectivity index (χ0n) is 18.4. The molecule has 11 atom stereocenters. The summed E-state index contributed by atoms with van der Waals surface area (Å²) in [7, 11) is 0. The first-order valence-electron chi connectivity index (χ1n) is 11.9. The Morgan fingerprint density at radius 3 is 2.48 bits per heavy atom. The lowest BCUT2D eigenvalue weighted by atomic mass is 9.43. The Labute approximate surface area is 175 Å². The van der Waals surface area contributed by atoms with Crippen molar-refractivity contribution in [1.82, 2.24) is 0 Å². The van der Waals surface area contributed by atoms with Gasteiger partial charge in [-0.1, -0.05) is 20.8 Å². The number of hydrogen-bond donors (Lipinski definition) is 4. The maximum absolute atomic E-state index is 11.5. The van der Waals surface area contributed by atoms with Crippen molar-refractivity contribution in [1.29, 1.82) is 0 Å². The van der Waals surface area contributed by atoms with Crippen molar-refractivity contribution in [2.24, 2.45) is 52.1 Å². The van der Waals surface area contributed by atoms with E-state index in [0.717, 1.165) is 38.5 Å². The molecule has 0 heterocycles. The maximum atomic E-state index is 11.5. The minimum atomic E-state index is -0.834. The lowest BCUT2D eigenvalue weighted by Crippen LogP contribution is -2.59. The molecule has 0 amide bonds. The van der Waals surface area contributed by atoms with E-state index in [9.17, 15) is 20.1 Å². The van der Waals surface area contributed by atoms with Crippen LogP contribution in [0.1, 0.15) is 78.6 Å². The van der Waals surface area contributed by atoms with E-state index in [-0.39, 0.29) is 47.3 Å². The molecule has 0 aromatic carbocycles. The Morgan fingerprint density at radius 1 is 1.07 bits per heavy atom. The van der Waals surface area contributed by atoms with Crippen molar-refractivity contribution < 1.29 is 20.1 Å². The lowest BCUT2D eigenvalue weighted by Gasteiger charge is -2.62. The SMILES string of the molecule is C[C@H](C(N)CC(=O)O)[C@H]1CC[C@H]2[C@@H]3CC[C@@H]4C[C@H](O)CC[C@]4(C)[C@H]3C[C@H](O)[C@]12C. The van der Waals surface area contributed by atoms with Crippen LogP contribution in [0, 0.1) is 46.3 Å². The first-order valence-corrected chi connectivity index (χ1v) is 11.9. The van der Waals surface area contributed by atoms with Gasteiger partial charge in [-0.15, -0.1) is 0 Å². The van der Waals surface area contributed by atoms with Crippen LogP contribution in [0.4, 0.5) is 0 Å². The average Bonchev–Trinajstić information content (AvgIpc) is 3.01. The van der Waals surface area contributed by atoms with Gasteiger partial charge in [-0.25, -0.2) is 0 Å². The number of rotatable bonds is 4. The molecule has 0 aliphatic heterocycles. The fourth-order valence-electron chi connectivity index (χ4n) is 8.78. The third-order valence-corrected chi connectivity index (χ3v) is 10.5. The van der Waals surface area contributed by atoms with Gasteiger partial charge in [-0.3, -0.25) is 4.79 Å². The van der Waals surface area contributed by atoms with Gasteiger partial charge in [0.15, 0.2) is 0 Å². The minimum absolute atomic E-state index is 0.00262. The zero-order chi connectivity index (χ0) is 21.1. The van der Waals surface area contributed by atoms with Crippen molar-refractivity contribution in [2.45, 2.75) is 96.8 Å². The predicted molar refractivity (Wildman–Crippen MR) is 112 cm³/mol. The van der Waals surface area contributed by atoms with E-state index < -0.39 is 5.97 Å². The molecule has 29 heavy (non-hydrogen) atoms. The Morgan fingerprint density at radius 2 is 1.79 bits per heavy atom. The molecular formula is C24H41NO4. The van der Waals surface area contributed by atoms with Crippen LogP contribution < -0.4 is 5.73 Å². The van der Waals surface area contributed by atoms with E-state index in [1.54, 1.807) is 0 Å². The molecule has 5 heteroatoms. The second-order valence-corrected chi connectivity index (χ2v) is 11.5. The molecule has 0 aromatic rings. The number of aliphatic hydroxyl groups is 2. The lowest BCUT2D eigenvalue weighted by molar-refractivity contribution is -0.175. The maximum Gasteiger partial charge on any atom is 0.304 e. The first-order chi connectivity index (χ1) is 13.6. The Kier molecular flexibility index (Phi) is 5.57. The van der Waals surface area contributed by atoms with Crippen molar-refractivity contribution in [3.63, 3.8) is 0 Å². The van der Waals surface area contributed by atoms with E-state index in [1.807, 2.05) is 0 Å². The predicted octanol–water partition coefficient (Wildman–Crippen LogP) is 3.42. The van der Waals surface area contributed by atoms with Crippen molar-refractivity contribution >= 4 is 5.97 Å². The number of nitrogens with two attached hydrogens (primary N) is 1. The molecule has 166 valence electrons. The fraction of sp³-hybridized carbons (Fsp3) is 0.958. The summed E-state index contributed by atoms with van der Waals surface area (Å²) in [5.74, 6) is 1.84. The highest BCUT2D eigenvalue weighted by molar-refractivity contribution is 5.67. The Balaban J connectivity index is 1.58. The van der Waals surface area contributed by atoms with E-state index >= 15 is 0 Å². The molecule has 0 aromatic heterocycles. The van der Waals surface area contributed by atoms with Gasteiger partial charge in [0.05, 0.1) is 18.6 Å². The highest BCUT2D eigenvalue weighted by Crippen LogP contribution is 2.68. The van der Waals surface area contributed by atoms with Crippen LogP contribution in [0.5, 0.6) is 0 Å². The molecule has 0 spiro atoms. The van der Waals surface area contributed by atoms with Gasteiger partial charge in [0.25, 0.3) is 0 Å². The number of hydrogen-bond acceptors (Lipinski definition) is 4. The second-order valence-electron chi connectivity index (χ2n) is 11.5. The molecule has 4 aliphatic carbocycles. The molecule has 4 fully saturated rings. The van der Waals surface area contributed by atoms with E-state index in [1.165, 1.54) is 12.8 Å². The Bertz CT molecular complexity index is 640. The van der Waals surface area contributed by atoms with Gasteiger partial charge in [0, 0.05) is 6.04 Å². The summed E-state index contributed by atoms with van der Waals surface area (Å²) >= 11 is 0. The third kappa shape index (κ3) is 3.27. The summed E-state index contributed by atoms with van der Waals surface area (Å²) in [4.78, 5) is 11.2. The summed E-state index contributed by atoms with van der Waals surface area (Å²) in [6.45, 7) is 6.82. The fourth-order valence-corrected chi connectivity index (χ4v) is 8.78.